The molecule has 0 atom stereocenters. The maximum atomic E-state index is 12.1. The average molecular weight is 321 g/mol. The molecule has 4 nitrogen and oxygen atoms in total. The molecule has 4 heteroatoms. The van der Waals surface area contributed by atoms with Crippen LogP contribution in [0.1, 0.15) is 15.9 Å². The summed E-state index contributed by atoms with van der Waals surface area (Å²) < 4.78 is 5.89. The average Bonchev–Trinajstić information content (AvgIpc) is 2.65. The summed E-state index contributed by atoms with van der Waals surface area (Å²) >= 11 is 0. The third-order valence-electron chi connectivity index (χ3n) is 3.92. The Kier molecular flexibility index (Phi) is 4.77. The Morgan fingerprint density at radius 1 is 1.00 bits per heavy atom. The van der Waals surface area contributed by atoms with Gasteiger partial charge in [0.2, 0.25) is 0 Å². The van der Waals surface area contributed by atoms with Gasteiger partial charge in [-0.2, -0.15) is 0 Å². The number of hydrogen-bond donors (Lipinski definition) is 0. The Labute approximate surface area is 141 Å². The van der Waals surface area contributed by atoms with Crippen LogP contribution in [0.3, 0.4) is 0 Å². The van der Waals surface area contributed by atoms with Crippen molar-refractivity contribution in [3.8, 4) is 5.75 Å². The van der Waals surface area contributed by atoms with Gasteiger partial charge in [0.05, 0.1) is 7.11 Å². The number of amides is 1. The van der Waals surface area contributed by atoms with Crippen molar-refractivity contribution in [3.05, 3.63) is 77.9 Å². The van der Waals surface area contributed by atoms with Crippen LogP contribution in [0.4, 0.5) is 0 Å². The summed E-state index contributed by atoms with van der Waals surface area (Å²) in [6.45, 7) is 0.444. The highest BCUT2D eigenvalue weighted by Crippen LogP contribution is 2.21. The molecule has 3 rings (SSSR count). The first-order valence-electron chi connectivity index (χ1n) is 7.70. The van der Waals surface area contributed by atoms with E-state index in [-0.39, 0.29) is 5.91 Å². The Bertz CT molecular complexity index is 855. The molecule has 0 saturated heterocycles. The van der Waals surface area contributed by atoms with Crippen LogP contribution in [0, 0.1) is 0 Å². The van der Waals surface area contributed by atoms with Crippen LogP contribution in [0.15, 0.2) is 66.7 Å². The van der Waals surface area contributed by atoms with Gasteiger partial charge in [-0.1, -0.05) is 48.5 Å². The van der Waals surface area contributed by atoms with Crippen molar-refractivity contribution >= 4 is 16.7 Å². The van der Waals surface area contributed by atoms with E-state index >= 15 is 0 Å². The van der Waals surface area contributed by atoms with Crippen molar-refractivity contribution in [1.29, 1.82) is 0 Å². The van der Waals surface area contributed by atoms with Gasteiger partial charge in [0.15, 0.2) is 0 Å². The molecule has 0 fully saturated rings. The van der Waals surface area contributed by atoms with E-state index < -0.39 is 0 Å². The third kappa shape index (κ3) is 3.39. The quantitative estimate of drug-likeness (QED) is 0.665. The second-order valence-electron chi connectivity index (χ2n) is 5.44. The van der Waals surface area contributed by atoms with E-state index in [0.717, 1.165) is 5.56 Å². The molecule has 0 aliphatic rings. The van der Waals surface area contributed by atoms with E-state index in [0.29, 0.717) is 17.9 Å². The van der Waals surface area contributed by atoms with Gasteiger partial charge in [-0.15, -0.1) is 0 Å². The molecule has 0 unspecified atom stereocenters. The lowest BCUT2D eigenvalue weighted by Crippen LogP contribution is -2.25. The molecule has 0 spiro atoms. The van der Waals surface area contributed by atoms with Crippen molar-refractivity contribution in [2.75, 3.05) is 14.2 Å². The third-order valence-corrected chi connectivity index (χ3v) is 3.92. The fourth-order valence-electron chi connectivity index (χ4n) is 2.56. The molecule has 0 N–H and O–H groups in total. The van der Waals surface area contributed by atoms with E-state index in [1.165, 1.54) is 22.9 Å². The van der Waals surface area contributed by atoms with Crippen molar-refractivity contribution in [2.45, 2.75) is 6.61 Å². The maximum Gasteiger partial charge on any atom is 0.277 e. The number of hydrogen-bond acceptors (Lipinski definition) is 3. The van der Waals surface area contributed by atoms with Crippen LogP contribution in [0.5, 0.6) is 5.75 Å². The minimum Gasteiger partial charge on any atom is -0.489 e. The Hall–Kier alpha value is -2.85. The van der Waals surface area contributed by atoms with Crippen LogP contribution >= 0.6 is 0 Å². The topological polar surface area (TPSA) is 38.8 Å². The highest BCUT2D eigenvalue weighted by molar-refractivity contribution is 5.93. The smallest absolute Gasteiger partial charge is 0.277 e. The molecular formula is C20H19NO3. The number of carbonyl (C=O) groups is 1. The van der Waals surface area contributed by atoms with E-state index in [9.17, 15) is 4.79 Å². The van der Waals surface area contributed by atoms with Crippen LogP contribution in [0.25, 0.3) is 10.8 Å². The molecule has 24 heavy (non-hydrogen) atoms. The number of ether oxygens (including phenoxy) is 1. The van der Waals surface area contributed by atoms with Gasteiger partial charge in [-0.3, -0.25) is 9.63 Å². The maximum absolute atomic E-state index is 12.1. The number of nitrogens with zero attached hydrogens (tertiary/aromatic N) is 1. The Balaban J connectivity index is 1.78. The molecule has 0 saturated carbocycles. The highest BCUT2D eigenvalue weighted by Gasteiger charge is 2.12. The van der Waals surface area contributed by atoms with Gasteiger partial charge in [0, 0.05) is 12.6 Å². The number of carbonyl (C=O) groups excluding carboxylic acids is 1. The van der Waals surface area contributed by atoms with Crippen molar-refractivity contribution in [1.82, 2.24) is 5.06 Å². The predicted octanol–water partition coefficient (Wildman–Crippen LogP) is 4.05. The molecule has 122 valence electrons. The summed E-state index contributed by atoms with van der Waals surface area (Å²) in [4.78, 5) is 17.0. The second-order valence-corrected chi connectivity index (χ2v) is 5.44. The zero-order chi connectivity index (χ0) is 16.9. The molecule has 3 aromatic rings. The van der Waals surface area contributed by atoms with Crippen LogP contribution in [0.2, 0.25) is 0 Å². The predicted molar refractivity (Wildman–Crippen MR) is 93.8 cm³/mol. The first-order chi connectivity index (χ1) is 11.7. The van der Waals surface area contributed by atoms with Crippen molar-refractivity contribution in [3.63, 3.8) is 0 Å². The molecule has 0 heterocycles. The number of fused-ring (bicyclic) bond motifs is 1. The SMILES string of the molecule is CON(C)C(=O)c1cccc(OCc2cccc3ccccc23)c1. The molecule has 0 radical (unpaired) electrons. The first-order valence-corrected chi connectivity index (χ1v) is 7.70. The van der Waals surface area contributed by atoms with Gasteiger partial charge in [-0.05, 0) is 34.5 Å². The van der Waals surface area contributed by atoms with Crippen LogP contribution < -0.4 is 4.74 Å². The monoisotopic (exact) mass is 321 g/mol. The van der Waals surface area contributed by atoms with E-state index in [1.807, 2.05) is 24.3 Å². The summed E-state index contributed by atoms with van der Waals surface area (Å²) in [6, 6.07) is 21.5. The van der Waals surface area contributed by atoms with Crippen LogP contribution in [-0.2, 0) is 11.4 Å². The molecule has 0 aliphatic heterocycles. The summed E-state index contributed by atoms with van der Waals surface area (Å²) in [5, 5.41) is 3.54. The van der Waals surface area contributed by atoms with Crippen molar-refractivity contribution < 1.29 is 14.4 Å². The largest absolute Gasteiger partial charge is 0.489 e. The number of benzene rings is 3. The van der Waals surface area contributed by atoms with Crippen LogP contribution in [-0.4, -0.2) is 25.1 Å². The summed E-state index contributed by atoms with van der Waals surface area (Å²) in [6.07, 6.45) is 0. The van der Waals surface area contributed by atoms with E-state index in [2.05, 4.69) is 24.3 Å². The standard InChI is InChI=1S/C20H19NO3/c1-21(23-2)20(22)16-9-6-11-18(13-16)24-14-17-10-5-8-15-7-3-4-12-19(15)17/h3-13H,14H2,1-2H3. The summed E-state index contributed by atoms with van der Waals surface area (Å²) in [7, 11) is 3.03. The number of rotatable bonds is 5. The van der Waals surface area contributed by atoms with E-state index in [4.69, 9.17) is 9.57 Å². The molecule has 0 aromatic heterocycles. The van der Waals surface area contributed by atoms with Gasteiger partial charge in [0.25, 0.3) is 5.91 Å². The highest BCUT2D eigenvalue weighted by atomic mass is 16.7. The Morgan fingerprint density at radius 3 is 2.58 bits per heavy atom. The number of hydroxylamine groups is 2. The molecule has 1 amide bonds. The Morgan fingerprint density at radius 2 is 1.75 bits per heavy atom. The lowest BCUT2D eigenvalue weighted by molar-refractivity contribution is -0.0757. The molecule has 0 bridgehead atoms. The lowest BCUT2D eigenvalue weighted by atomic mass is 10.1. The summed E-state index contributed by atoms with van der Waals surface area (Å²) in [5.41, 5.74) is 1.63. The van der Waals surface area contributed by atoms with Crippen molar-refractivity contribution in [2.24, 2.45) is 0 Å². The fourth-order valence-corrected chi connectivity index (χ4v) is 2.56. The summed E-state index contributed by atoms with van der Waals surface area (Å²) in [5.74, 6) is 0.436. The lowest BCUT2D eigenvalue weighted by Gasteiger charge is -2.14. The fraction of sp³-hybridized carbons (Fsp3) is 0.150. The van der Waals surface area contributed by atoms with Gasteiger partial charge in [0.1, 0.15) is 12.4 Å². The zero-order valence-corrected chi connectivity index (χ0v) is 13.7. The van der Waals surface area contributed by atoms with Gasteiger partial charge >= 0.3 is 0 Å². The minimum absolute atomic E-state index is 0.215. The zero-order valence-electron chi connectivity index (χ0n) is 13.7. The molecular weight excluding hydrogens is 302 g/mol. The van der Waals surface area contributed by atoms with E-state index in [1.54, 1.807) is 25.2 Å². The molecule has 0 aliphatic carbocycles. The molecule has 3 aromatic carbocycles. The van der Waals surface area contributed by atoms with Gasteiger partial charge in [-0.25, -0.2) is 5.06 Å². The van der Waals surface area contributed by atoms with Gasteiger partial charge < -0.3 is 4.74 Å². The normalized spacial score (nSPS) is 10.6. The first kappa shape index (κ1) is 16.0. The second kappa shape index (κ2) is 7.15. The minimum atomic E-state index is -0.215.